The van der Waals surface area contributed by atoms with E-state index in [4.69, 9.17) is 9.84 Å². The molecule has 6 heteroatoms. The lowest BCUT2D eigenvalue weighted by Crippen LogP contribution is -2.49. The molecule has 0 saturated heterocycles. The Morgan fingerprint density at radius 2 is 2.00 bits per heavy atom. The molecule has 0 aromatic heterocycles. The van der Waals surface area contributed by atoms with Crippen molar-refractivity contribution in [1.29, 1.82) is 0 Å². The predicted molar refractivity (Wildman–Crippen MR) is 75.0 cm³/mol. The molecule has 1 aliphatic rings. The van der Waals surface area contributed by atoms with E-state index in [0.29, 0.717) is 24.3 Å². The van der Waals surface area contributed by atoms with E-state index in [0.717, 1.165) is 25.7 Å². The zero-order valence-electron chi connectivity index (χ0n) is 12.2. The van der Waals surface area contributed by atoms with Crippen LogP contribution in [0, 0.1) is 0 Å². The monoisotopic (exact) mass is 284 g/mol. The summed E-state index contributed by atoms with van der Waals surface area (Å²) in [5.74, 6) is -0.377. The first-order valence-corrected chi connectivity index (χ1v) is 7.16. The van der Waals surface area contributed by atoms with Crippen LogP contribution in [0.2, 0.25) is 0 Å². The van der Waals surface area contributed by atoms with E-state index in [-0.39, 0.29) is 24.6 Å². The van der Waals surface area contributed by atoms with Gasteiger partial charge in [0.1, 0.15) is 0 Å². The predicted octanol–water partition coefficient (Wildman–Crippen LogP) is 1.45. The van der Waals surface area contributed by atoms with Crippen molar-refractivity contribution in [2.75, 3.05) is 13.2 Å². The number of hydrogen-bond donors (Lipinski definition) is 3. The normalized spacial score (nSPS) is 18.6. The van der Waals surface area contributed by atoms with Gasteiger partial charge in [0, 0.05) is 12.3 Å². The molecule has 1 atom stereocenters. The van der Waals surface area contributed by atoms with Crippen LogP contribution < -0.4 is 10.6 Å². The Balaban J connectivity index is 2.62. The Kier molecular flexibility index (Phi) is 7.08. The first-order valence-electron chi connectivity index (χ1n) is 7.16. The molecule has 1 rings (SSSR count). The molecule has 0 saturated carbocycles. The molecule has 6 nitrogen and oxygen atoms in total. The lowest BCUT2D eigenvalue weighted by Gasteiger charge is -2.27. The minimum atomic E-state index is -0.377. The fourth-order valence-electron chi connectivity index (χ4n) is 2.30. The molecular weight excluding hydrogens is 260 g/mol. The van der Waals surface area contributed by atoms with Crippen LogP contribution in [0.1, 0.15) is 46.0 Å². The zero-order valence-corrected chi connectivity index (χ0v) is 12.2. The van der Waals surface area contributed by atoms with Gasteiger partial charge in [-0.2, -0.15) is 0 Å². The van der Waals surface area contributed by atoms with Crippen molar-refractivity contribution >= 4 is 12.0 Å². The van der Waals surface area contributed by atoms with Crippen molar-refractivity contribution in [3.05, 3.63) is 11.3 Å². The highest BCUT2D eigenvalue weighted by molar-refractivity contribution is 5.94. The topological polar surface area (TPSA) is 87.7 Å². The quantitative estimate of drug-likeness (QED) is 0.465. The van der Waals surface area contributed by atoms with Gasteiger partial charge in [0.05, 0.1) is 18.2 Å². The number of amides is 2. The number of urea groups is 1. The number of aliphatic hydroxyl groups is 1. The molecule has 1 heterocycles. The molecule has 20 heavy (non-hydrogen) atoms. The number of carbonyl (C=O) groups excluding carboxylic acids is 2. The molecule has 1 unspecified atom stereocenters. The van der Waals surface area contributed by atoms with Crippen LogP contribution in [-0.4, -0.2) is 36.4 Å². The van der Waals surface area contributed by atoms with Gasteiger partial charge in [0.25, 0.3) is 0 Å². The van der Waals surface area contributed by atoms with E-state index in [1.807, 2.05) is 0 Å². The van der Waals surface area contributed by atoms with E-state index in [9.17, 15) is 9.59 Å². The number of rotatable bonds is 8. The average molecular weight is 284 g/mol. The van der Waals surface area contributed by atoms with Gasteiger partial charge < -0.3 is 20.5 Å². The lowest BCUT2D eigenvalue weighted by molar-refractivity contribution is -0.139. The van der Waals surface area contributed by atoms with Crippen molar-refractivity contribution in [3.8, 4) is 0 Å². The highest BCUT2D eigenvalue weighted by Gasteiger charge is 2.30. The molecule has 0 aromatic carbocycles. The highest BCUT2D eigenvalue weighted by Crippen LogP contribution is 2.19. The summed E-state index contributed by atoms with van der Waals surface area (Å²) in [5, 5.41) is 14.1. The number of allylic oxidation sites excluding steroid dienone is 1. The summed E-state index contributed by atoms with van der Waals surface area (Å²) in [5.41, 5.74) is 1.07. The summed E-state index contributed by atoms with van der Waals surface area (Å²) < 4.78 is 5.04. The Bertz CT molecular complexity index is 379. The molecule has 114 valence electrons. The summed E-state index contributed by atoms with van der Waals surface area (Å²) in [6.07, 6.45) is 4.30. The smallest absolute Gasteiger partial charge is 0.337 e. The second kappa shape index (κ2) is 8.58. The molecule has 0 aliphatic carbocycles. The van der Waals surface area contributed by atoms with Gasteiger partial charge in [0.2, 0.25) is 0 Å². The number of ether oxygens (including phenoxy) is 1. The van der Waals surface area contributed by atoms with Crippen LogP contribution >= 0.6 is 0 Å². The molecule has 0 radical (unpaired) electrons. The molecule has 3 N–H and O–H groups in total. The Labute approximate surface area is 119 Å². The van der Waals surface area contributed by atoms with Gasteiger partial charge in [-0.25, -0.2) is 9.59 Å². The fourth-order valence-corrected chi connectivity index (χ4v) is 2.30. The molecule has 2 amide bonds. The first kappa shape index (κ1) is 16.5. The van der Waals surface area contributed by atoms with Crippen molar-refractivity contribution in [2.24, 2.45) is 0 Å². The number of esters is 1. The van der Waals surface area contributed by atoms with Gasteiger partial charge in [-0.15, -0.1) is 0 Å². The summed E-state index contributed by atoms with van der Waals surface area (Å²) in [4.78, 5) is 23.5. The summed E-state index contributed by atoms with van der Waals surface area (Å²) in [6.45, 7) is 3.99. The maximum absolute atomic E-state index is 12.0. The van der Waals surface area contributed by atoms with Crippen molar-refractivity contribution in [1.82, 2.24) is 10.6 Å². The number of unbranched alkanes of at least 4 members (excludes halogenated alkanes) is 3. The standard InChI is InChI=1S/C14H24N2O4/c1-3-20-13(18)12-10(2)15-14(19)16-11(12)8-6-4-5-7-9-17/h11,17H,3-9H2,1-2H3,(H2,15,16,19). The highest BCUT2D eigenvalue weighted by atomic mass is 16.5. The minimum Gasteiger partial charge on any atom is -0.463 e. The van der Waals surface area contributed by atoms with Gasteiger partial charge in [-0.3, -0.25) is 0 Å². The molecule has 0 spiro atoms. The van der Waals surface area contributed by atoms with Crippen LogP contribution in [-0.2, 0) is 9.53 Å². The maximum atomic E-state index is 12.0. The Morgan fingerprint density at radius 3 is 2.65 bits per heavy atom. The van der Waals surface area contributed by atoms with E-state index < -0.39 is 0 Å². The third-order valence-electron chi connectivity index (χ3n) is 3.26. The van der Waals surface area contributed by atoms with Gasteiger partial charge >= 0.3 is 12.0 Å². The SMILES string of the molecule is CCOC(=O)C1=C(C)NC(=O)NC1CCCCCCO. The van der Waals surface area contributed by atoms with Crippen molar-refractivity contribution in [2.45, 2.75) is 52.0 Å². The van der Waals surface area contributed by atoms with E-state index in [1.165, 1.54) is 0 Å². The third kappa shape index (κ3) is 4.85. The third-order valence-corrected chi connectivity index (χ3v) is 3.26. The molecule has 0 aromatic rings. The fraction of sp³-hybridized carbons (Fsp3) is 0.714. The van der Waals surface area contributed by atoms with Gasteiger partial charge in [-0.1, -0.05) is 19.3 Å². The summed E-state index contributed by atoms with van der Waals surface area (Å²) in [6, 6.07) is -0.576. The van der Waals surface area contributed by atoms with Crippen molar-refractivity contribution < 1.29 is 19.4 Å². The average Bonchev–Trinajstić information content (AvgIpc) is 2.38. The molecule has 1 aliphatic heterocycles. The second-order valence-corrected chi connectivity index (χ2v) is 4.84. The maximum Gasteiger partial charge on any atom is 0.337 e. The number of nitrogens with one attached hydrogen (secondary N) is 2. The van der Waals surface area contributed by atoms with Crippen LogP contribution in [0.3, 0.4) is 0 Å². The minimum absolute atomic E-state index is 0.206. The van der Waals surface area contributed by atoms with Gasteiger partial charge in [-0.05, 0) is 26.7 Å². The van der Waals surface area contributed by atoms with Crippen LogP contribution in [0.25, 0.3) is 0 Å². The van der Waals surface area contributed by atoms with Crippen LogP contribution in [0.4, 0.5) is 4.79 Å². The molecule has 0 bridgehead atoms. The lowest BCUT2D eigenvalue weighted by atomic mass is 9.97. The zero-order chi connectivity index (χ0) is 15.0. The second-order valence-electron chi connectivity index (χ2n) is 4.84. The number of carbonyl (C=O) groups is 2. The van der Waals surface area contributed by atoms with E-state index in [2.05, 4.69) is 10.6 Å². The van der Waals surface area contributed by atoms with Crippen LogP contribution in [0.5, 0.6) is 0 Å². The van der Waals surface area contributed by atoms with E-state index >= 15 is 0 Å². The Hall–Kier alpha value is -1.56. The van der Waals surface area contributed by atoms with Crippen LogP contribution in [0.15, 0.2) is 11.3 Å². The van der Waals surface area contributed by atoms with E-state index in [1.54, 1.807) is 13.8 Å². The first-order chi connectivity index (χ1) is 9.60. The largest absolute Gasteiger partial charge is 0.463 e. The number of hydrogen-bond acceptors (Lipinski definition) is 4. The van der Waals surface area contributed by atoms with Gasteiger partial charge in [0.15, 0.2) is 0 Å². The summed E-state index contributed by atoms with van der Waals surface area (Å²) in [7, 11) is 0. The Morgan fingerprint density at radius 1 is 1.30 bits per heavy atom. The molecular formula is C14H24N2O4. The summed E-state index contributed by atoms with van der Waals surface area (Å²) >= 11 is 0. The molecule has 0 fully saturated rings. The number of aliphatic hydroxyl groups excluding tert-OH is 1. The van der Waals surface area contributed by atoms with Crippen molar-refractivity contribution in [3.63, 3.8) is 0 Å².